The molecule has 0 bridgehead atoms. The number of piperazine rings is 1. The molecule has 0 radical (unpaired) electrons. The SMILES string of the molecule is CN1CCN(c2ccc(Nc3ncc4ccc(=O)n(Cc5nccn5S(C)(=O)=O)c4n3)cc2)CC1. The van der Waals surface area contributed by atoms with Crippen molar-refractivity contribution in [2.24, 2.45) is 0 Å². The van der Waals surface area contributed by atoms with Crippen LogP contribution in [0.1, 0.15) is 5.82 Å². The van der Waals surface area contributed by atoms with Gasteiger partial charge in [0.2, 0.25) is 16.0 Å². The molecule has 1 fully saturated rings. The van der Waals surface area contributed by atoms with Gasteiger partial charge in [-0.25, -0.2) is 22.4 Å². The summed E-state index contributed by atoms with van der Waals surface area (Å²) in [7, 11) is -1.42. The molecule has 0 aliphatic carbocycles. The highest BCUT2D eigenvalue weighted by Gasteiger charge is 2.16. The van der Waals surface area contributed by atoms with E-state index in [9.17, 15) is 13.2 Å². The fraction of sp³-hybridized carbons (Fsp3) is 0.304. The first-order chi connectivity index (χ1) is 16.8. The Kier molecular flexibility index (Phi) is 5.99. The van der Waals surface area contributed by atoms with E-state index in [1.54, 1.807) is 12.3 Å². The van der Waals surface area contributed by atoms with Gasteiger partial charge in [-0.3, -0.25) is 9.36 Å². The molecule has 0 saturated carbocycles. The van der Waals surface area contributed by atoms with Crippen LogP contribution in [0.3, 0.4) is 0 Å². The maximum atomic E-state index is 12.7. The van der Waals surface area contributed by atoms with Gasteiger partial charge in [-0.2, -0.15) is 4.98 Å². The summed E-state index contributed by atoms with van der Waals surface area (Å²) < 4.78 is 26.5. The van der Waals surface area contributed by atoms with Crippen LogP contribution in [-0.4, -0.2) is 76.3 Å². The van der Waals surface area contributed by atoms with Gasteiger partial charge >= 0.3 is 0 Å². The third-order valence-corrected chi connectivity index (χ3v) is 7.10. The van der Waals surface area contributed by atoms with E-state index in [0.29, 0.717) is 17.0 Å². The third-order valence-electron chi connectivity index (χ3n) is 6.05. The van der Waals surface area contributed by atoms with Crippen LogP contribution in [0.2, 0.25) is 0 Å². The molecule has 0 spiro atoms. The van der Waals surface area contributed by atoms with Crippen LogP contribution in [0.15, 0.2) is 59.8 Å². The predicted molar refractivity (Wildman–Crippen MR) is 135 cm³/mol. The second-order valence-electron chi connectivity index (χ2n) is 8.59. The van der Waals surface area contributed by atoms with Crippen LogP contribution in [0, 0.1) is 0 Å². The average Bonchev–Trinajstić information content (AvgIpc) is 3.31. The molecule has 182 valence electrons. The highest BCUT2D eigenvalue weighted by atomic mass is 32.2. The number of rotatable bonds is 6. The van der Waals surface area contributed by atoms with E-state index in [2.05, 4.69) is 49.2 Å². The van der Waals surface area contributed by atoms with Crippen molar-refractivity contribution in [3.63, 3.8) is 0 Å². The number of fused-ring (bicyclic) bond motifs is 1. The minimum absolute atomic E-state index is 0.0492. The van der Waals surface area contributed by atoms with E-state index in [0.717, 1.165) is 42.1 Å². The number of pyridine rings is 1. The van der Waals surface area contributed by atoms with E-state index >= 15 is 0 Å². The maximum Gasteiger partial charge on any atom is 0.252 e. The number of likely N-dealkylation sites (N-methyl/N-ethyl adjacent to an activating group) is 1. The molecule has 1 aliphatic heterocycles. The third kappa shape index (κ3) is 4.88. The van der Waals surface area contributed by atoms with Crippen molar-refractivity contribution in [2.75, 3.05) is 49.7 Å². The van der Waals surface area contributed by atoms with Gasteiger partial charge < -0.3 is 15.1 Å². The molecule has 0 unspecified atom stereocenters. The van der Waals surface area contributed by atoms with Crippen LogP contribution in [-0.2, 0) is 16.6 Å². The highest BCUT2D eigenvalue weighted by Crippen LogP contribution is 2.22. The second-order valence-corrected chi connectivity index (χ2v) is 10.5. The minimum Gasteiger partial charge on any atom is -0.369 e. The molecule has 11 nitrogen and oxygen atoms in total. The Balaban J connectivity index is 1.42. The largest absolute Gasteiger partial charge is 0.369 e. The van der Waals surface area contributed by atoms with Gasteiger partial charge in [0.05, 0.1) is 12.8 Å². The normalized spacial score (nSPS) is 15.0. The molecule has 1 saturated heterocycles. The van der Waals surface area contributed by atoms with Gasteiger partial charge in [-0.15, -0.1) is 0 Å². The van der Waals surface area contributed by atoms with E-state index in [-0.39, 0.29) is 17.9 Å². The summed E-state index contributed by atoms with van der Waals surface area (Å²) in [4.78, 5) is 30.4. The van der Waals surface area contributed by atoms with E-state index in [1.165, 1.54) is 28.7 Å². The first kappa shape index (κ1) is 23.0. The first-order valence-corrected chi connectivity index (χ1v) is 13.0. The summed E-state index contributed by atoms with van der Waals surface area (Å²) in [5.74, 6) is 0.547. The lowest BCUT2D eigenvalue weighted by molar-refractivity contribution is 0.313. The van der Waals surface area contributed by atoms with Crippen molar-refractivity contribution >= 4 is 38.4 Å². The van der Waals surface area contributed by atoms with E-state index in [4.69, 9.17) is 0 Å². The molecule has 1 aliphatic rings. The number of nitrogens with zero attached hydrogens (tertiary/aromatic N) is 7. The molecular formula is C23H26N8O3S. The molecule has 5 rings (SSSR count). The standard InChI is InChI=1S/C23H26N8O3S/c1-28-11-13-29(14-12-28)19-6-4-18(5-7-19)26-23-25-15-17-3-8-21(32)30(22(17)27-23)16-20-24-9-10-31(20)35(2,33)34/h3-10,15H,11-14,16H2,1-2H3,(H,25,26,27). The molecular weight excluding hydrogens is 468 g/mol. The van der Waals surface area contributed by atoms with Gasteiger partial charge in [0.15, 0.2) is 0 Å². The molecule has 0 amide bonds. The maximum absolute atomic E-state index is 12.7. The number of anilines is 3. The van der Waals surface area contributed by atoms with E-state index < -0.39 is 10.0 Å². The molecule has 1 N–H and O–H groups in total. The topological polar surface area (TPSA) is 118 Å². The minimum atomic E-state index is -3.55. The summed E-state index contributed by atoms with van der Waals surface area (Å²) in [6.45, 7) is 4.01. The lowest BCUT2D eigenvalue weighted by atomic mass is 10.2. The Bertz CT molecular complexity index is 1520. The molecule has 3 aromatic heterocycles. The summed E-state index contributed by atoms with van der Waals surface area (Å²) in [5.41, 5.74) is 2.05. The van der Waals surface area contributed by atoms with Gasteiger partial charge in [-0.1, -0.05) is 0 Å². The van der Waals surface area contributed by atoms with Crippen LogP contribution in [0.25, 0.3) is 11.0 Å². The number of hydrogen-bond donors (Lipinski definition) is 1. The predicted octanol–water partition coefficient (Wildman–Crippen LogP) is 1.34. The molecule has 4 aromatic rings. The number of imidazole rings is 1. The summed E-state index contributed by atoms with van der Waals surface area (Å²) in [6, 6.07) is 11.1. The zero-order chi connectivity index (χ0) is 24.6. The van der Waals surface area contributed by atoms with E-state index in [1.807, 2.05) is 12.1 Å². The Morgan fingerprint density at radius 3 is 2.46 bits per heavy atom. The number of aromatic nitrogens is 5. The molecule has 4 heterocycles. The van der Waals surface area contributed by atoms with Crippen LogP contribution >= 0.6 is 0 Å². The Labute approximate surface area is 202 Å². The monoisotopic (exact) mass is 494 g/mol. The van der Waals surface area contributed by atoms with Crippen molar-refractivity contribution in [3.8, 4) is 0 Å². The fourth-order valence-electron chi connectivity index (χ4n) is 4.11. The number of hydrogen-bond acceptors (Lipinski definition) is 9. The summed E-state index contributed by atoms with van der Waals surface area (Å²) in [6.07, 6.45) is 5.46. The zero-order valence-corrected chi connectivity index (χ0v) is 20.3. The van der Waals surface area contributed by atoms with Crippen molar-refractivity contribution < 1.29 is 8.42 Å². The lowest BCUT2D eigenvalue weighted by Crippen LogP contribution is -2.44. The fourth-order valence-corrected chi connectivity index (χ4v) is 4.87. The zero-order valence-electron chi connectivity index (χ0n) is 19.5. The lowest BCUT2D eigenvalue weighted by Gasteiger charge is -2.34. The van der Waals surface area contributed by atoms with Gasteiger partial charge in [0, 0.05) is 67.6 Å². The van der Waals surface area contributed by atoms with Gasteiger partial charge in [0.25, 0.3) is 5.56 Å². The molecule has 1 aromatic carbocycles. The number of benzene rings is 1. The van der Waals surface area contributed by atoms with Crippen LogP contribution in [0.5, 0.6) is 0 Å². The van der Waals surface area contributed by atoms with Crippen molar-refractivity contribution in [3.05, 3.63) is 71.2 Å². The van der Waals surface area contributed by atoms with Crippen LogP contribution in [0.4, 0.5) is 17.3 Å². The Morgan fingerprint density at radius 2 is 1.74 bits per heavy atom. The van der Waals surface area contributed by atoms with Crippen LogP contribution < -0.4 is 15.8 Å². The van der Waals surface area contributed by atoms with Gasteiger partial charge in [-0.05, 0) is 37.4 Å². The average molecular weight is 495 g/mol. The Morgan fingerprint density at radius 1 is 1.00 bits per heavy atom. The highest BCUT2D eigenvalue weighted by molar-refractivity contribution is 7.89. The molecule has 0 atom stereocenters. The molecule has 12 heteroatoms. The van der Waals surface area contributed by atoms with Crippen molar-refractivity contribution in [1.82, 2.24) is 28.4 Å². The smallest absolute Gasteiger partial charge is 0.252 e. The first-order valence-electron chi connectivity index (χ1n) is 11.2. The molecule has 35 heavy (non-hydrogen) atoms. The van der Waals surface area contributed by atoms with Crippen molar-refractivity contribution in [1.29, 1.82) is 0 Å². The van der Waals surface area contributed by atoms with Crippen molar-refractivity contribution in [2.45, 2.75) is 6.54 Å². The quantitative estimate of drug-likeness (QED) is 0.424. The number of nitrogens with one attached hydrogen (secondary N) is 1. The second kappa shape index (κ2) is 9.12. The summed E-state index contributed by atoms with van der Waals surface area (Å²) >= 11 is 0. The Hall–Kier alpha value is -3.77. The van der Waals surface area contributed by atoms with Gasteiger partial charge in [0.1, 0.15) is 11.5 Å². The summed E-state index contributed by atoms with van der Waals surface area (Å²) in [5, 5.41) is 3.84.